The summed E-state index contributed by atoms with van der Waals surface area (Å²) in [6.07, 6.45) is 0. The van der Waals surface area contributed by atoms with E-state index in [0.717, 1.165) is 0 Å². The van der Waals surface area contributed by atoms with Crippen LogP contribution < -0.4 is 5.32 Å². The van der Waals surface area contributed by atoms with Crippen molar-refractivity contribution < 1.29 is 4.92 Å². The fourth-order valence-electron chi connectivity index (χ4n) is 1.59. The zero-order valence-electron chi connectivity index (χ0n) is 9.85. The Morgan fingerprint density at radius 2 is 2.11 bits per heavy atom. The van der Waals surface area contributed by atoms with Gasteiger partial charge >= 0.3 is 0 Å². The number of nitrogens with one attached hydrogen (secondary N) is 1. The fraction of sp³-hybridized carbons (Fsp3) is 0.273. The van der Waals surface area contributed by atoms with Gasteiger partial charge in [-0.2, -0.15) is 0 Å². The van der Waals surface area contributed by atoms with E-state index in [1.807, 2.05) is 13.8 Å². The number of hydrogen-bond donors (Lipinski definition) is 1. The number of halogens is 1. The molecular formula is C11H11ClN4O2. The van der Waals surface area contributed by atoms with Crippen LogP contribution in [0, 0.1) is 10.1 Å². The number of anilines is 1. The molecule has 0 aliphatic rings. The van der Waals surface area contributed by atoms with Gasteiger partial charge in [0.2, 0.25) is 5.28 Å². The maximum Gasteiger partial charge on any atom is 0.270 e. The summed E-state index contributed by atoms with van der Waals surface area (Å²) in [6.45, 7) is 3.89. The standard InChI is InChI=1S/C11H11ClN4O2/c1-6(2)13-10-8-5-7(16(17)18)3-4-9(8)14-11(12)15-10/h3-6H,1-2H3,(H,13,14,15). The summed E-state index contributed by atoms with van der Waals surface area (Å²) >= 11 is 5.81. The fourth-order valence-corrected chi connectivity index (χ4v) is 1.76. The predicted octanol–water partition coefficient (Wildman–Crippen LogP) is 3.01. The van der Waals surface area contributed by atoms with E-state index in [9.17, 15) is 10.1 Å². The molecule has 0 radical (unpaired) electrons. The van der Waals surface area contributed by atoms with Crippen LogP contribution >= 0.6 is 11.6 Å². The molecule has 0 aliphatic heterocycles. The highest BCUT2D eigenvalue weighted by atomic mass is 35.5. The topological polar surface area (TPSA) is 81.0 Å². The van der Waals surface area contributed by atoms with Crippen molar-refractivity contribution in [2.24, 2.45) is 0 Å². The van der Waals surface area contributed by atoms with E-state index in [2.05, 4.69) is 15.3 Å². The number of fused-ring (bicyclic) bond motifs is 1. The van der Waals surface area contributed by atoms with E-state index in [4.69, 9.17) is 11.6 Å². The Labute approximate surface area is 108 Å². The second kappa shape index (κ2) is 4.73. The molecule has 1 aromatic carbocycles. The van der Waals surface area contributed by atoms with Crippen LogP contribution in [-0.4, -0.2) is 20.9 Å². The van der Waals surface area contributed by atoms with Crippen molar-refractivity contribution >= 4 is 34.0 Å². The number of hydrogen-bond acceptors (Lipinski definition) is 5. The van der Waals surface area contributed by atoms with Gasteiger partial charge in [0.1, 0.15) is 5.82 Å². The van der Waals surface area contributed by atoms with Gasteiger partial charge < -0.3 is 5.32 Å². The summed E-state index contributed by atoms with van der Waals surface area (Å²) in [7, 11) is 0. The minimum absolute atomic E-state index is 0.000212. The minimum Gasteiger partial charge on any atom is -0.367 e. The summed E-state index contributed by atoms with van der Waals surface area (Å²) in [5.74, 6) is 0.503. The molecule has 0 amide bonds. The summed E-state index contributed by atoms with van der Waals surface area (Å²) < 4.78 is 0. The Balaban J connectivity index is 2.65. The molecule has 0 fully saturated rings. The predicted molar refractivity (Wildman–Crippen MR) is 70.0 cm³/mol. The highest BCUT2D eigenvalue weighted by Gasteiger charge is 2.12. The summed E-state index contributed by atoms with van der Waals surface area (Å²) in [5, 5.41) is 14.6. The second-order valence-corrected chi connectivity index (χ2v) is 4.44. The molecule has 0 atom stereocenters. The molecule has 94 valence electrons. The van der Waals surface area contributed by atoms with Crippen LogP contribution in [0.1, 0.15) is 13.8 Å². The van der Waals surface area contributed by atoms with E-state index in [-0.39, 0.29) is 17.0 Å². The van der Waals surface area contributed by atoms with Crippen molar-refractivity contribution in [1.29, 1.82) is 0 Å². The van der Waals surface area contributed by atoms with Crippen molar-refractivity contribution in [1.82, 2.24) is 9.97 Å². The lowest BCUT2D eigenvalue weighted by Crippen LogP contribution is -2.12. The molecule has 1 N–H and O–H groups in total. The number of aromatic nitrogens is 2. The molecule has 7 heteroatoms. The van der Waals surface area contributed by atoms with Gasteiger partial charge in [-0.15, -0.1) is 0 Å². The third-order valence-corrected chi connectivity index (χ3v) is 2.46. The molecule has 1 aromatic heterocycles. The third kappa shape index (κ3) is 2.48. The number of non-ortho nitro benzene ring substituents is 1. The molecule has 0 spiro atoms. The summed E-state index contributed by atoms with van der Waals surface area (Å²) in [5.41, 5.74) is 0.573. The second-order valence-electron chi connectivity index (χ2n) is 4.10. The molecule has 0 unspecified atom stereocenters. The van der Waals surface area contributed by atoms with E-state index in [1.165, 1.54) is 12.1 Å². The van der Waals surface area contributed by atoms with Crippen molar-refractivity contribution in [3.8, 4) is 0 Å². The number of nitro groups is 1. The van der Waals surface area contributed by atoms with Gasteiger partial charge in [0.05, 0.1) is 10.4 Å². The SMILES string of the molecule is CC(C)Nc1nc(Cl)nc2ccc([N+](=O)[O-])cc12. The number of benzene rings is 1. The van der Waals surface area contributed by atoms with Gasteiger partial charge in [-0.25, -0.2) is 9.97 Å². The van der Waals surface area contributed by atoms with Crippen LogP contribution in [0.3, 0.4) is 0 Å². The lowest BCUT2D eigenvalue weighted by atomic mass is 10.2. The van der Waals surface area contributed by atoms with Crippen molar-refractivity contribution in [2.75, 3.05) is 5.32 Å². The molecule has 2 rings (SSSR count). The lowest BCUT2D eigenvalue weighted by Gasteiger charge is -2.11. The maximum atomic E-state index is 10.8. The average Bonchev–Trinajstić information content (AvgIpc) is 2.27. The molecule has 6 nitrogen and oxygen atoms in total. The molecule has 1 heterocycles. The number of rotatable bonds is 3. The Bertz CT molecular complexity index is 615. The smallest absolute Gasteiger partial charge is 0.270 e. The van der Waals surface area contributed by atoms with E-state index < -0.39 is 4.92 Å². The maximum absolute atomic E-state index is 10.8. The largest absolute Gasteiger partial charge is 0.367 e. The highest BCUT2D eigenvalue weighted by Crippen LogP contribution is 2.26. The van der Waals surface area contributed by atoms with E-state index in [1.54, 1.807) is 6.07 Å². The van der Waals surface area contributed by atoms with Gasteiger partial charge in [-0.3, -0.25) is 10.1 Å². The zero-order chi connectivity index (χ0) is 13.3. The Hall–Kier alpha value is -1.95. The van der Waals surface area contributed by atoms with Crippen LogP contribution in [0.2, 0.25) is 5.28 Å². The zero-order valence-corrected chi connectivity index (χ0v) is 10.6. The first-order chi connectivity index (χ1) is 8.47. The Kier molecular flexibility index (Phi) is 3.29. The van der Waals surface area contributed by atoms with E-state index >= 15 is 0 Å². The molecule has 18 heavy (non-hydrogen) atoms. The monoisotopic (exact) mass is 266 g/mol. The van der Waals surface area contributed by atoms with Crippen molar-refractivity contribution in [3.05, 3.63) is 33.6 Å². The highest BCUT2D eigenvalue weighted by molar-refractivity contribution is 6.28. The first-order valence-corrected chi connectivity index (χ1v) is 5.73. The van der Waals surface area contributed by atoms with Gasteiger partial charge in [0, 0.05) is 23.6 Å². The first kappa shape index (κ1) is 12.5. The quantitative estimate of drug-likeness (QED) is 0.525. The summed E-state index contributed by atoms with van der Waals surface area (Å²) in [6, 6.07) is 4.53. The third-order valence-electron chi connectivity index (χ3n) is 2.29. The molecule has 0 bridgehead atoms. The molecule has 0 saturated heterocycles. The summed E-state index contributed by atoms with van der Waals surface area (Å²) in [4.78, 5) is 18.4. The van der Waals surface area contributed by atoms with Gasteiger partial charge in [-0.05, 0) is 31.5 Å². The van der Waals surface area contributed by atoms with E-state index in [0.29, 0.717) is 16.7 Å². The molecular weight excluding hydrogens is 256 g/mol. The molecule has 0 aliphatic carbocycles. The first-order valence-electron chi connectivity index (χ1n) is 5.35. The van der Waals surface area contributed by atoms with Crippen LogP contribution in [0.4, 0.5) is 11.5 Å². The number of nitrogens with zero attached hydrogens (tertiary/aromatic N) is 3. The average molecular weight is 267 g/mol. The van der Waals surface area contributed by atoms with Gasteiger partial charge in [0.15, 0.2) is 0 Å². The van der Waals surface area contributed by atoms with Crippen LogP contribution in [0.25, 0.3) is 10.9 Å². The van der Waals surface area contributed by atoms with Gasteiger partial charge in [-0.1, -0.05) is 0 Å². The lowest BCUT2D eigenvalue weighted by molar-refractivity contribution is -0.384. The van der Waals surface area contributed by atoms with Crippen LogP contribution in [0.5, 0.6) is 0 Å². The Morgan fingerprint density at radius 3 is 2.72 bits per heavy atom. The molecule has 2 aromatic rings. The van der Waals surface area contributed by atoms with Crippen molar-refractivity contribution in [3.63, 3.8) is 0 Å². The normalized spacial score (nSPS) is 10.9. The van der Waals surface area contributed by atoms with Gasteiger partial charge in [0.25, 0.3) is 5.69 Å². The van der Waals surface area contributed by atoms with Crippen LogP contribution in [-0.2, 0) is 0 Å². The Morgan fingerprint density at radius 1 is 1.39 bits per heavy atom. The number of nitro benzene ring substituents is 1. The van der Waals surface area contributed by atoms with Crippen molar-refractivity contribution in [2.45, 2.75) is 19.9 Å². The van der Waals surface area contributed by atoms with Crippen LogP contribution in [0.15, 0.2) is 18.2 Å². The molecule has 0 saturated carbocycles. The minimum atomic E-state index is -0.451.